The number of carbonyl (C=O) groups is 2. The Bertz CT molecular complexity index is 621. The van der Waals surface area contributed by atoms with Gasteiger partial charge >= 0.3 is 24.2 Å². The summed E-state index contributed by atoms with van der Waals surface area (Å²) in [7, 11) is 0. The summed E-state index contributed by atoms with van der Waals surface area (Å²) in [5, 5.41) is 9.79. The predicted octanol–water partition coefficient (Wildman–Crippen LogP) is 3.84. The van der Waals surface area contributed by atoms with Gasteiger partial charge < -0.3 is 9.84 Å². The molecule has 0 aliphatic heterocycles. The fourth-order valence-corrected chi connectivity index (χ4v) is 2.19. The Labute approximate surface area is 130 Å². The highest BCUT2D eigenvalue weighted by Gasteiger charge is 2.61. The number of thiazole rings is 1. The first-order valence-electron chi connectivity index (χ1n) is 5.84. The molecule has 1 rings (SSSR count). The lowest BCUT2D eigenvalue weighted by Crippen LogP contribution is -2.34. The predicted molar refractivity (Wildman–Crippen MR) is 68.9 cm³/mol. The molecule has 12 heteroatoms. The molecule has 1 amide bonds. The summed E-state index contributed by atoms with van der Waals surface area (Å²) >= 11 is -0.298. The van der Waals surface area contributed by atoms with E-state index in [-0.39, 0.29) is 11.3 Å². The lowest BCUT2D eigenvalue weighted by atomic mass is 10.2. The van der Waals surface area contributed by atoms with E-state index in [4.69, 9.17) is 9.84 Å². The molecule has 1 aromatic heterocycles. The second-order valence-electron chi connectivity index (χ2n) is 5.20. The number of hydrogen-bond acceptors (Lipinski definition) is 5. The molecule has 1 heterocycles. The highest BCUT2D eigenvalue weighted by molar-refractivity contribution is 7.16. The molecule has 0 aromatic carbocycles. The molecule has 0 saturated heterocycles. The Morgan fingerprint density at radius 3 is 2.09 bits per heavy atom. The lowest BCUT2D eigenvalue weighted by Gasteiger charge is -2.19. The Morgan fingerprint density at radius 1 is 1.17 bits per heavy atom. The van der Waals surface area contributed by atoms with Crippen LogP contribution >= 0.6 is 11.3 Å². The van der Waals surface area contributed by atoms with Crippen LogP contribution in [0.25, 0.3) is 0 Å². The molecule has 6 nitrogen and oxygen atoms in total. The third-order valence-electron chi connectivity index (χ3n) is 2.08. The van der Waals surface area contributed by atoms with Gasteiger partial charge in [-0.25, -0.2) is 14.6 Å². The van der Waals surface area contributed by atoms with Crippen molar-refractivity contribution in [3.05, 3.63) is 10.6 Å². The van der Waals surface area contributed by atoms with Gasteiger partial charge in [0.05, 0.1) is 0 Å². The molecule has 2 N–H and O–H groups in total. The first kappa shape index (κ1) is 19.1. The number of hydrogen-bond donors (Lipinski definition) is 2. The normalized spacial score (nSPS) is 12.9. The van der Waals surface area contributed by atoms with Gasteiger partial charge in [-0.1, -0.05) is 11.3 Å². The summed E-state index contributed by atoms with van der Waals surface area (Å²) in [6.45, 7) is 4.46. The smallest absolute Gasteiger partial charge is 0.459 e. The van der Waals surface area contributed by atoms with Gasteiger partial charge in [0.1, 0.15) is 10.5 Å². The third-order valence-corrected chi connectivity index (χ3v) is 3.12. The molecule has 0 aliphatic rings. The average molecular weight is 362 g/mol. The van der Waals surface area contributed by atoms with Gasteiger partial charge in [-0.3, -0.25) is 5.32 Å². The number of carboxylic acid groups (broad SMARTS) is 1. The van der Waals surface area contributed by atoms with E-state index in [1.54, 1.807) is 0 Å². The van der Waals surface area contributed by atoms with Gasteiger partial charge in [0.25, 0.3) is 0 Å². The Balaban J connectivity index is 3.19. The maximum absolute atomic E-state index is 13.3. The number of nitrogens with one attached hydrogen (secondary N) is 1. The highest BCUT2D eigenvalue weighted by Crippen LogP contribution is 2.48. The Kier molecular flexibility index (Phi) is 4.90. The number of ether oxygens (including phenoxy) is 1. The van der Waals surface area contributed by atoms with Crippen molar-refractivity contribution in [2.24, 2.45) is 0 Å². The van der Waals surface area contributed by atoms with Crippen LogP contribution in [0.1, 0.15) is 36.1 Å². The molecule has 0 spiro atoms. The van der Waals surface area contributed by atoms with Crippen LogP contribution in [0.15, 0.2) is 0 Å². The number of aromatic carboxylic acids is 1. The summed E-state index contributed by atoms with van der Waals surface area (Å²) in [6.07, 6.45) is -7.18. The summed E-state index contributed by atoms with van der Waals surface area (Å²) < 4.78 is 68.6. The van der Waals surface area contributed by atoms with E-state index in [2.05, 4.69) is 4.98 Å². The van der Waals surface area contributed by atoms with Crippen molar-refractivity contribution in [3.8, 4) is 0 Å². The summed E-state index contributed by atoms with van der Waals surface area (Å²) in [4.78, 5) is 23.5. The number of anilines is 1. The van der Waals surface area contributed by atoms with E-state index in [0.717, 1.165) is 0 Å². The molecule has 0 atom stereocenters. The lowest BCUT2D eigenvalue weighted by molar-refractivity contribution is -0.288. The SMILES string of the molecule is CC(C)(C)OC(=O)Nc1nc(C(=O)O)c(C(F)(F)C(F)(F)F)s1. The average Bonchev–Trinajstić information content (AvgIpc) is 2.68. The first-order valence-corrected chi connectivity index (χ1v) is 6.66. The van der Waals surface area contributed by atoms with Crippen LogP contribution in [-0.4, -0.2) is 33.9 Å². The summed E-state index contributed by atoms with van der Waals surface area (Å²) in [5.41, 5.74) is -2.46. The molecule has 0 radical (unpaired) electrons. The van der Waals surface area contributed by atoms with Crippen LogP contribution in [-0.2, 0) is 10.7 Å². The van der Waals surface area contributed by atoms with Crippen LogP contribution in [0.5, 0.6) is 0 Å². The van der Waals surface area contributed by atoms with Gasteiger partial charge in [-0.05, 0) is 20.8 Å². The standard InChI is InChI=1S/C11H11F5N2O4S/c1-9(2,3)22-8(21)18-7-17-4(6(19)20)5(23-7)10(12,13)11(14,15)16/h1-3H3,(H,19,20)(H,17,18,21). The van der Waals surface area contributed by atoms with E-state index < -0.39 is 45.5 Å². The zero-order valence-electron chi connectivity index (χ0n) is 11.9. The summed E-state index contributed by atoms with van der Waals surface area (Å²) in [5.74, 6) is -7.51. The van der Waals surface area contributed by atoms with E-state index in [1.165, 1.54) is 20.8 Å². The van der Waals surface area contributed by atoms with Crippen molar-refractivity contribution in [1.29, 1.82) is 0 Å². The van der Waals surface area contributed by atoms with Crippen LogP contribution in [0.3, 0.4) is 0 Å². The Morgan fingerprint density at radius 2 is 1.70 bits per heavy atom. The van der Waals surface area contributed by atoms with Gasteiger partial charge in [0.15, 0.2) is 10.8 Å². The van der Waals surface area contributed by atoms with E-state index in [0.29, 0.717) is 0 Å². The first-order chi connectivity index (χ1) is 10.1. The van der Waals surface area contributed by atoms with E-state index in [1.807, 2.05) is 5.32 Å². The van der Waals surface area contributed by atoms with Crippen molar-refractivity contribution in [3.63, 3.8) is 0 Å². The zero-order chi connectivity index (χ0) is 18.2. The van der Waals surface area contributed by atoms with Crippen LogP contribution < -0.4 is 5.32 Å². The number of carboxylic acids is 1. The second-order valence-corrected chi connectivity index (χ2v) is 6.20. The summed E-state index contributed by atoms with van der Waals surface area (Å²) in [6, 6.07) is 0. The number of alkyl halides is 5. The van der Waals surface area contributed by atoms with Crippen molar-refractivity contribution >= 4 is 28.5 Å². The maximum atomic E-state index is 13.3. The molecule has 0 bridgehead atoms. The fourth-order valence-electron chi connectivity index (χ4n) is 1.25. The molecule has 130 valence electrons. The third kappa shape index (κ3) is 4.50. The quantitative estimate of drug-likeness (QED) is 0.798. The molecule has 1 aromatic rings. The number of halogens is 5. The molecule has 0 aliphatic carbocycles. The molecular formula is C11H11F5N2O4S. The highest BCUT2D eigenvalue weighted by atomic mass is 32.1. The number of amides is 1. The molecule has 23 heavy (non-hydrogen) atoms. The van der Waals surface area contributed by atoms with Crippen molar-refractivity contribution in [1.82, 2.24) is 4.98 Å². The van der Waals surface area contributed by atoms with Gasteiger partial charge in [-0.2, -0.15) is 22.0 Å². The Hall–Kier alpha value is -1.98. The topological polar surface area (TPSA) is 88.5 Å². The molecule has 0 fully saturated rings. The van der Waals surface area contributed by atoms with Crippen molar-refractivity contribution < 1.29 is 41.4 Å². The number of rotatable bonds is 3. The molecule has 0 saturated carbocycles. The molecular weight excluding hydrogens is 351 g/mol. The fraction of sp³-hybridized carbons (Fsp3) is 0.545. The van der Waals surface area contributed by atoms with Gasteiger partial charge in [0.2, 0.25) is 0 Å². The van der Waals surface area contributed by atoms with Gasteiger partial charge in [-0.15, -0.1) is 0 Å². The monoisotopic (exact) mass is 362 g/mol. The minimum atomic E-state index is -6.01. The zero-order valence-corrected chi connectivity index (χ0v) is 12.7. The van der Waals surface area contributed by atoms with Gasteiger partial charge in [0, 0.05) is 0 Å². The van der Waals surface area contributed by atoms with Crippen LogP contribution in [0.2, 0.25) is 0 Å². The van der Waals surface area contributed by atoms with E-state index in [9.17, 15) is 31.5 Å². The number of nitrogens with zero attached hydrogens (tertiary/aromatic N) is 1. The second kappa shape index (κ2) is 5.91. The van der Waals surface area contributed by atoms with Crippen molar-refractivity contribution in [2.75, 3.05) is 5.32 Å². The molecule has 0 unspecified atom stereocenters. The largest absolute Gasteiger partial charge is 0.476 e. The van der Waals surface area contributed by atoms with Crippen LogP contribution in [0, 0.1) is 0 Å². The maximum Gasteiger partial charge on any atom is 0.459 e. The number of carbonyl (C=O) groups excluding carboxylic acids is 1. The minimum Gasteiger partial charge on any atom is -0.476 e. The van der Waals surface area contributed by atoms with E-state index >= 15 is 0 Å². The van der Waals surface area contributed by atoms with Crippen LogP contribution in [0.4, 0.5) is 31.9 Å². The number of aromatic nitrogens is 1. The minimum absolute atomic E-state index is 0.298. The van der Waals surface area contributed by atoms with Crippen molar-refractivity contribution in [2.45, 2.75) is 38.5 Å².